The molecule has 252 valence electrons. The van der Waals surface area contributed by atoms with Gasteiger partial charge in [0.05, 0.1) is 24.8 Å². The highest BCUT2D eigenvalue weighted by Crippen LogP contribution is 2.45. The summed E-state index contributed by atoms with van der Waals surface area (Å²) in [6, 6.07) is 27.5. The van der Waals surface area contributed by atoms with Gasteiger partial charge in [-0.2, -0.15) is 0 Å². The number of benzene rings is 4. The number of aliphatic hydroxyl groups excluding tert-OH is 5. The fraction of sp³-hybridized carbons (Fsp3) is 0.324. The smallest absolute Gasteiger partial charge is 0.176 e. The molecule has 6 N–H and O–H groups in total. The standard InChI is InChI=1S/C37H39FN2O7S/c1-39-28(17-18-29(42)22-11-14-25(38)15-12-22)32(40(37(39)48)26-5-3-2-4-6-26)27-16-13-24(19-30(27)43)21-7-9-23(10-8-21)36-35(46)34(45)33(44)31(20-41)47-36/h2-16,19,28-29,31-36,41-46H,17-18,20H2,1H3/t28-,29?,31+,32+,33+,34-,35+,36-/m0/s1. The van der Waals surface area contributed by atoms with Crippen LogP contribution < -0.4 is 4.90 Å². The number of phenolic OH excluding ortho intramolecular Hbond substituents is 1. The number of para-hydroxylation sites is 1. The van der Waals surface area contributed by atoms with Gasteiger partial charge in [0.1, 0.15) is 42.1 Å². The number of nitrogens with zero attached hydrogens (tertiary/aromatic N) is 2. The third-order valence-corrected chi connectivity index (χ3v) is 9.97. The van der Waals surface area contributed by atoms with Crippen molar-refractivity contribution in [1.29, 1.82) is 0 Å². The summed E-state index contributed by atoms with van der Waals surface area (Å²) >= 11 is 5.93. The molecule has 0 radical (unpaired) electrons. The molecule has 11 heteroatoms. The second-order valence-electron chi connectivity index (χ2n) is 12.4. The molecule has 48 heavy (non-hydrogen) atoms. The first-order chi connectivity index (χ1) is 23.1. The number of halogens is 1. The first kappa shape index (κ1) is 33.9. The maximum absolute atomic E-state index is 13.5. The Labute approximate surface area is 283 Å². The summed E-state index contributed by atoms with van der Waals surface area (Å²) in [4.78, 5) is 4.02. The summed E-state index contributed by atoms with van der Waals surface area (Å²) in [5.74, 6) is -0.298. The molecule has 2 fully saturated rings. The molecule has 1 unspecified atom stereocenters. The molecule has 2 heterocycles. The fourth-order valence-electron chi connectivity index (χ4n) is 6.77. The normalized spacial score (nSPS) is 26.6. The van der Waals surface area contributed by atoms with E-state index in [9.17, 15) is 35.0 Å². The highest BCUT2D eigenvalue weighted by molar-refractivity contribution is 7.80. The first-order valence-electron chi connectivity index (χ1n) is 15.9. The molecule has 2 saturated heterocycles. The Hall–Kier alpha value is -3.94. The molecule has 2 aliphatic rings. The van der Waals surface area contributed by atoms with Gasteiger partial charge < -0.3 is 45.2 Å². The number of likely N-dealkylation sites (N-methyl/N-ethyl adjacent to an activating group) is 1. The van der Waals surface area contributed by atoms with Crippen LogP contribution in [0.25, 0.3) is 11.1 Å². The lowest BCUT2D eigenvalue weighted by atomic mass is 9.89. The molecule has 6 rings (SSSR count). The molecule has 4 aromatic carbocycles. The van der Waals surface area contributed by atoms with Gasteiger partial charge in [0.25, 0.3) is 0 Å². The zero-order valence-corrected chi connectivity index (χ0v) is 27.1. The van der Waals surface area contributed by atoms with Gasteiger partial charge in [-0.3, -0.25) is 0 Å². The van der Waals surface area contributed by atoms with Crippen LogP contribution in [-0.2, 0) is 4.74 Å². The van der Waals surface area contributed by atoms with Crippen LogP contribution in [0.1, 0.15) is 47.8 Å². The average molecular weight is 675 g/mol. The Morgan fingerprint density at radius 3 is 2.17 bits per heavy atom. The molecular formula is C37H39FN2O7S. The van der Waals surface area contributed by atoms with Crippen LogP contribution in [0.3, 0.4) is 0 Å². The van der Waals surface area contributed by atoms with Gasteiger partial charge in [-0.05, 0) is 77.6 Å². The number of aromatic hydroxyl groups is 1. The molecule has 9 nitrogen and oxygen atoms in total. The van der Waals surface area contributed by atoms with Crippen LogP contribution in [0.5, 0.6) is 5.75 Å². The van der Waals surface area contributed by atoms with E-state index >= 15 is 0 Å². The highest BCUT2D eigenvalue weighted by Gasteiger charge is 2.45. The molecule has 0 aliphatic carbocycles. The summed E-state index contributed by atoms with van der Waals surface area (Å²) in [7, 11) is 1.91. The van der Waals surface area contributed by atoms with Crippen molar-refractivity contribution in [2.45, 2.75) is 61.5 Å². The topological polar surface area (TPSA) is 137 Å². The van der Waals surface area contributed by atoms with Crippen molar-refractivity contribution in [3.63, 3.8) is 0 Å². The second-order valence-corrected chi connectivity index (χ2v) is 12.8. The van der Waals surface area contributed by atoms with Crippen molar-refractivity contribution in [3.8, 4) is 16.9 Å². The molecule has 0 amide bonds. The molecule has 0 aromatic heterocycles. The Morgan fingerprint density at radius 2 is 1.52 bits per heavy atom. The minimum absolute atomic E-state index is 0.0682. The van der Waals surface area contributed by atoms with Crippen molar-refractivity contribution in [3.05, 3.63) is 120 Å². The van der Waals surface area contributed by atoms with Gasteiger partial charge in [0, 0.05) is 18.3 Å². The number of anilines is 1. The van der Waals surface area contributed by atoms with E-state index in [4.69, 9.17) is 17.0 Å². The molecule has 4 aromatic rings. The number of ether oxygens (including phenoxy) is 1. The Bertz CT molecular complexity index is 1710. The average Bonchev–Trinajstić information content (AvgIpc) is 3.35. The second kappa shape index (κ2) is 14.3. The summed E-state index contributed by atoms with van der Waals surface area (Å²) in [6.07, 6.45) is -6.13. The molecule has 0 bridgehead atoms. The third-order valence-electron chi connectivity index (χ3n) is 9.49. The Kier molecular flexibility index (Phi) is 10.1. The van der Waals surface area contributed by atoms with E-state index in [1.165, 1.54) is 12.1 Å². The van der Waals surface area contributed by atoms with Gasteiger partial charge >= 0.3 is 0 Å². The monoisotopic (exact) mass is 674 g/mol. The first-order valence-corrected chi connectivity index (χ1v) is 16.3. The van der Waals surface area contributed by atoms with Gasteiger partial charge in [0.2, 0.25) is 0 Å². The quantitative estimate of drug-likeness (QED) is 0.142. The zero-order chi connectivity index (χ0) is 34.1. The summed E-state index contributed by atoms with van der Waals surface area (Å²) in [5, 5.41) is 63.5. The number of thiocarbonyl (C=S) groups is 1. The molecule has 0 saturated carbocycles. The maximum Gasteiger partial charge on any atom is 0.176 e. The summed E-state index contributed by atoms with van der Waals surface area (Å²) < 4.78 is 19.2. The number of hydrogen-bond acceptors (Lipinski definition) is 8. The minimum Gasteiger partial charge on any atom is -0.508 e. The number of aliphatic hydroxyl groups is 5. The van der Waals surface area contributed by atoms with Gasteiger partial charge in [-0.25, -0.2) is 4.39 Å². The molecule has 2 aliphatic heterocycles. The van der Waals surface area contributed by atoms with Crippen molar-refractivity contribution >= 4 is 23.0 Å². The van der Waals surface area contributed by atoms with E-state index in [1.54, 1.807) is 42.5 Å². The number of hydrogen-bond donors (Lipinski definition) is 6. The third kappa shape index (κ3) is 6.55. The van der Waals surface area contributed by atoms with Crippen LogP contribution >= 0.6 is 12.2 Å². The summed E-state index contributed by atoms with van der Waals surface area (Å²) in [5.41, 5.74) is 4.23. The zero-order valence-electron chi connectivity index (χ0n) is 26.2. The van der Waals surface area contributed by atoms with Crippen LogP contribution in [0.4, 0.5) is 10.1 Å². The van der Waals surface area contributed by atoms with Gasteiger partial charge in [-0.15, -0.1) is 0 Å². The lowest BCUT2D eigenvalue weighted by molar-refractivity contribution is -0.231. The molecule has 8 atom stereocenters. The van der Waals surface area contributed by atoms with Crippen LogP contribution in [-0.4, -0.2) is 84.8 Å². The van der Waals surface area contributed by atoms with Crippen LogP contribution in [0.2, 0.25) is 0 Å². The number of phenols is 1. The van der Waals surface area contributed by atoms with E-state index in [0.717, 1.165) is 16.8 Å². The SMILES string of the molecule is CN1C(=S)N(c2ccccc2)[C@H](c2ccc(-c3ccc([C@@H]4O[C@H](CO)[C@@H](O)[C@H](O)[C@H]4O)cc3)cc2O)[C@@H]1CCC(O)c1ccc(F)cc1. The lowest BCUT2D eigenvalue weighted by Gasteiger charge is -2.40. The van der Waals surface area contributed by atoms with E-state index in [0.29, 0.717) is 34.6 Å². The molecule has 0 spiro atoms. The van der Waals surface area contributed by atoms with E-state index in [-0.39, 0.29) is 23.7 Å². The van der Waals surface area contributed by atoms with Crippen LogP contribution in [0.15, 0.2) is 97.1 Å². The van der Waals surface area contributed by atoms with Gasteiger partial charge in [0.15, 0.2) is 5.11 Å². The fourth-order valence-corrected chi connectivity index (χ4v) is 7.12. The van der Waals surface area contributed by atoms with E-state index < -0.39 is 43.2 Å². The largest absolute Gasteiger partial charge is 0.508 e. The maximum atomic E-state index is 13.5. The van der Waals surface area contributed by atoms with Gasteiger partial charge in [-0.1, -0.05) is 66.7 Å². The molecular weight excluding hydrogens is 635 g/mol. The minimum atomic E-state index is -1.47. The van der Waals surface area contributed by atoms with Crippen molar-refractivity contribution in [1.82, 2.24) is 4.90 Å². The predicted molar refractivity (Wildman–Crippen MR) is 183 cm³/mol. The number of rotatable bonds is 9. The van der Waals surface area contributed by atoms with Crippen molar-refractivity contribution in [2.75, 3.05) is 18.6 Å². The van der Waals surface area contributed by atoms with Crippen molar-refractivity contribution < 1.29 is 39.8 Å². The van der Waals surface area contributed by atoms with Crippen molar-refractivity contribution in [2.24, 2.45) is 0 Å². The lowest BCUT2D eigenvalue weighted by Crippen LogP contribution is -2.55. The Morgan fingerprint density at radius 1 is 0.854 bits per heavy atom. The Balaban J connectivity index is 1.27. The van der Waals surface area contributed by atoms with E-state index in [2.05, 4.69) is 0 Å². The van der Waals surface area contributed by atoms with E-state index in [1.807, 2.05) is 59.3 Å². The predicted octanol–water partition coefficient (Wildman–Crippen LogP) is 4.37. The van der Waals surface area contributed by atoms with Crippen LogP contribution in [0, 0.1) is 5.82 Å². The highest BCUT2D eigenvalue weighted by atomic mass is 32.1. The summed E-state index contributed by atoms with van der Waals surface area (Å²) in [6.45, 7) is -0.510.